The third kappa shape index (κ3) is 6.94. The van der Waals surface area contributed by atoms with Crippen LogP contribution in [0.2, 0.25) is 0 Å². The summed E-state index contributed by atoms with van der Waals surface area (Å²) in [6.45, 7) is 8.38. The molecule has 7 heteroatoms. The number of nitrogens with one attached hydrogen (secondary N) is 2. The van der Waals surface area contributed by atoms with Crippen LogP contribution in [-0.4, -0.2) is 56.9 Å². The lowest BCUT2D eigenvalue weighted by molar-refractivity contribution is -0.0605. The van der Waals surface area contributed by atoms with Gasteiger partial charge in [-0.15, -0.1) is 0 Å². The van der Waals surface area contributed by atoms with Gasteiger partial charge in [0.05, 0.1) is 25.8 Å². The van der Waals surface area contributed by atoms with Gasteiger partial charge in [-0.1, -0.05) is 24.3 Å². The van der Waals surface area contributed by atoms with Crippen LogP contribution < -0.4 is 10.6 Å². The highest BCUT2D eigenvalue weighted by molar-refractivity contribution is 5.80. The van der Waals surface area contributed by atoms with E-state index in [0.29, 0.717) is 19.7 Å². The summed E-state index contributed by atoms with van der Waals surface area (Å²) in [5, 5.41) is 6.72. The molecule has 6 nitrogen and oxygen atoms in total. The van der Waals surface area contributed by atoms with Crippen LogP contribution in [0.4, 0.5) is 10.1 Å². The van der Waals surface area contributed by atoms with Crippen molar-refractivity contribution in [1.82, 2.24) is 10.2 Å². The molecular weight excluding hydrogens is 395 g/mol. The van der Waals surface area contributed by atoms with Crippen molar-refractivity contribution >= 4 is 11.6 Å². The van der Waals surface area contributed by atoms with Crippen LogP contribution in [0.25, 0.3) is 0 Å². The van der Waals surface area contributed by atoms with Gasteiger partial charge in [-0.2, -0.15) is 0 Å². The van der Waals surface area contributed by atoms with Crippen LogP contribution in [0.3, 0.4) is 0 Å². The molecule has 2 atom stereocenters. The van der Waals surface area contributed by atoms with Gasteiger partial charge in [0.25, 0.3) is 0 Å². The number of ether oxygens (including phenoxy) is 2. The number of rotatable bonds is 8. The molecule has 0 spiro atoms. The zero-order chi connectivity index (χ0) is 22.1. The SMILES string of the molecule is CCNC(=NCc1ccc(NCCOC)cc1)N1CC(C)OC(c2ccc(F)cc2)C1. The first kappa shape index (κ1) is 23.0. The van der Waals surface area contributed by atoms with Gasteiger partial charge in [0.2, 0.25) is 0 Å². The topological polar surface area (TPSA) is 58.1 Å². The maximum atomic E-state index is 13.3. The summed E-state index contributed by atoms with van der Waals surface area (Å²) in [6.07, 6.45) is -0.0734. The summed E-state index contributed by atoms with van der Waals surface area (Å²) in [6, 6.07) is 14.9. The zero-order valence-electron chi connectivity index (χ0n) is 18.6. The molecular formula is C24H33FN4O2. The van der Waals surface area contributed by atoms with Gasteiger partial charge in [0.15, 0.2) is 5.96 Å². The van der Waals surface area contributed by atoms with E-state index in [0.717, 1.165) is 42.4 Å². The van der Waals surface area contributed by atoms with Crippen molar-refractivity contribution in [3.63, 3.8) is 0 Å². The Labute approximate surface area is 184 Å². The Morgan fingerprint density at radius 3 is 2.58 bits per heavy atom. The van der Waals surface area contributed by atoms with E-state index in [1.54, 1.807) is 19.2 Å². The van der Waals surface area contributed by atoms with E-state index in [9.17, 15) is 4.39 Å². The molecule has 1 heterocycles. The highest BCUT2D eigenvalue weighted by atomic mass is 19.1. The largest absolute Gasteiger partial charge is 0.383 e. The third-order valence-corrected chi connectivity index (χ3v) is 5.14. The Balaban J connectivity index is 1.66. The molecule has 1 aliphatic heterocycles. The minimum atomic E-state index is -0.237. The first-order valence-corrected chi connectivity index (χ1v) is 10.8. The number of morpholine rings is 1. The zero-order valence-corrected chi connectivity index (χ0v) is 18.6. The molecule has 1 saturated heterocycles. The minimum absolute atomic E-state index is 0.0464. The van der Waals surface area contributed by atoms with E-state index in [2.05, 4.69) is 53.6 Å². The van der Waals surface area contributed by atoms with E-state index >= 15 is 0 Å². The van der Waals surface area contributed by atoms with Crippen molar-refractivity contribution < 1.29 is 13.9 Å². The summed E-state index contributed by atoms with van der Waals surface area (Å²) in [7, 11) is 1.70. The van der Waals surface area contributed by atoms with E-state index in [1.807, 2.05) is 0 Å². The third-order valence-electron chi connectivity index (χ3n) is 5.14. The molecule has 2 unspecified atom stereocenters. The Kier molecular flexibility index (Phi) is 8.67. The predicted octanol–water partition coefficient (Wildman–Crippen LogP) is 3.81. The molecule has 31 heavy (non-hydrogen) atoms. The lowest BCUT2D eigenvalue weighted by Crippen LogP contribution is -2.50. The fraction of sp³-hybridized carbons (Fsp3) is 0.458. The first-order chi connectivity index (χ1) is 15.1. The molecule has 0 amide bonds. The first-order valence-electron chi connectivity index (χ1n) is 10.8. The fourth-order valence-electron chi connectivity index (χ4n) is 3.60. The number of hydrogen-bond acceptors (Lipinski definition) is 4. The number of anilines is 1. The van der Waals surface area contributed by atoms with E-state index in [-0.39, 0.29) is 18.0 Å². The van der Waals surface area contributed by atoms with Crippen LogP contribution in [0, 0.1) is 5.82 Å². The molecule has 1 fully saturated rings. The van der Waals surface area contributed by atoms with Crippen LogP contribution in [0.5, 0.6) is 0 Å². The van der Waals surface area contributed by atoms with Crippen molar-refractivity contribution in [2.75, 3.05) is 45.2 Å². The number of hydrogen-bond donors (Lipinski definition) is 2. The molecule has 0 radical (unpaired) electrons. The van der Waals surface area contributed by atoms with Crippen molar-refractivity contribution in [2.24, 2.45) is 4.99 Å². The number of guanidine groups is 1. The van der Waals surface area contributed by atoms with Crippen molar-refractivity contribution in [1.29, 1.82) is 0 Å². The summed E-state index contributed by atoms with van der Waals surface area (Å²) >= 11 is 0. The highest BCUT2D eigenvalue weighted by Crippen LogP contribution is 2.25. The second kappa shape index (κ2) is 11.7. The number of aliphatic imine (C=N–C) groups is 1. The van der Waals surface area contributed by atoms with E-state index in [1.165, 1.54) is 12.1 Å². The summed E-state index contributed by atoms with van der Waals surface area (Å²) in [5.74, 6) is 0.631. The van der Waals surface area contributed by atoms with Crippen LogP contribution in [-0.2, 0) is 16.0 Å². The van der Waals surface area contributed by atoms with Gasteiger partial charge in [0, 0.05) is 32.4 Å². The van der Waals surface area contributed by atoms with Crippen molar-refractivity contribution in [3.05, 3.63) is 65.5 Å². The maximum Gasteiger partial charge on any atom is 0.194 e. The Bertz CT molecular complexity index is 826. The molecule has 168 valence electrons. The molecule has 0 aromatic heterocycles. The Morgan fingerprint density at radius 2 is 1.90 bits per heavy atom. The average Bonchev–Trinajstić information content (AvgIpc) is 2.78. The number of nitrogens with zero attached hydrogens (tertiary/aromatic N) is 2. The molecule has 2 aromatic rings. The summed E-state index contributed by atoms with van der Waals surface area (Å²) in [4.78, 5) is 7.09. The average molecular weight is 429 g/mol. The van der Waals surface area contributed by atoms with Gasteiger partial charge < -0.3 is 25.0 Å². The Morgan fingerprint density at radius 1 is 1.16 bits per heavy atom. The van der Waals surface area contributed by atoms with Gasteiger partial charge in [0.1, 0.15) is 11.9 Å². The van der Waals surface area contributed by atoms with Crippen LogP contribution >= 0.6 is 0 Å². The lowest BCUT2D eigenvalue weighted by atomic mass is 10.1. The number of benzene rings is 2. The lowest BCUT2D eigenvalue weighted by Gasteiger charge is -2.38. The second-order valence-electron chi connectivity index (χ2n) is 7.68. The van der Waals surface area contributed by atoms with Gasteiger partial charge >= 0.3 is 0 Å². The predicted molar refractivity (Wildman–Crippen MR) is 123 cm³/mol. The minimum Gasteiger partial charge on any atom is -0.383 e. The van der Waals surface area contributed by atoms with Crippen molar-refractivity contribution in [2.45, 2.75) is 32.6 Å². The molecule has 0 saturated carbocycles. The summed E-state index contributed by atoms with van der Waals surface area (Å²) in [5.41, 5.74) is 3.19. The highest BCUT2D eigenvalue weighted by Gasteiger charge is 2.28. The molecule has 2 N–H and O–H groups in total. The van der Waals surface area contributed by atoms with Crippen LogP contribution in [0.15, 0.2) is 53.5 Å². The van der Waals surface area contributed by atoms with E-state index < -0.39 is 0 Å². The molecule has 1 aliphatic rings. The smallest absolute Gasteiger partial charge is 0.194 e. The van der Waals surface area contributed by atoms with Gasteiger partial charge in [-0.25, -0.2) is 9.38 Å². The molecule has 0 aliphatic carbocycles. The molecule has 3 rings (SSSR count). The van der Waals surface area contributed by atoms with Gasteiger partial charge in [-0.3, -0.25) is 0 Å². The standard InChI is InChI=1S/C24H33FN4O2/c1-4-26-24(28-15-19-5-11-22(12-6-19)27-13-14-30-3)29-16-18(2)31-23(17-29)20-7-9-21(25)10-8-20/h5-12,18,23,27H,4,13-17H2,1-3H3,(H,26,28). The maximum absolute atomic E-state index is 13.3. The monoisotopic (exact) mass is 428 g/mol. The summed E-state index contributed by atoms with van der Waals surface area (Å²) < 4.78 is 24.5. The van der Waals surface area contributed by atoms with Crippen LogP contribution in [0.1, 0.15) is 31.1 Å². The number of halogens is 1. The normalized spacial score (nSPS) is 19.4. The fourth-order valence-corrected chi connectivity index (χ4v) is 3.60. The Hall–Kier alpha value is -2.64. The van der Waals surface area contributed by atoms with Crippen molar-refractivity contribution in [3.8, 4) is 0 Å². The quantitative estimate of drug-likeness (QED) is 0.380. The molecule has 2 aromatic carbocycles. The van der Waals surface area contributed by atoms with Gasteiger partial charge in [-0.05, 0) is 49.2 Å². The number of methoxy groups -OCH3 is 1. The molecule has 0 bridgehead atoms. The second-order valence-corrected chi connectivity index (χ2v) is 7.68. The van der Waals surface area contributed by atoms with E-state index in [4.69, 9.17) is 14.5 Å².